The summed E-state index contributed by atoms with van der Waals surface area (Å²) in [6, 6.07) is 14.3. The van der Waals surface area contributed by atoms with Crippen molar-refractivity contribution in [3.63, 3.8) is 0 Å². The third-order valence-electron chi connectivity index (χ3n) is 7.53. The van der Waals surface area contributed by atoms with Gasteiger partial charge in [-0.15, -0.1) is 0 Å². The minimum absolute atomic E-state index is 0.0127. The molecule has 2 amide bonds. The van der Waals surface area contributed by atoms with Crippen LogP contribution in [0, 0.1) is 11.8 Å². The van der Waals surface area contributed by atoms with Crippen molar-refractivity contribution in [2.75, 3.05) is 45.2 Å². The van der Waals surface area contributed by atoms with E-state index in [1.807, 2.05) is 26.0 Å². The Labute approximate surface area is 238 Å². The van der Waals surface area contributed by atoms with Crippen molar-refractivity contribution in [3.8, 4) is 11.8 Å². The lowest BCUT2D eigenvalue weighted by Crippen LogP contribution is -2.44. The summed E-state index contributed by atoms with van der Waals surface area (Å²) < 4.78 is 43.9. The zero-order valence-corrected chi connectivity index (χ0v) is 23.7. The molecule has 9 heteroatoms. The second-order valence-electron chi connectivity index (χ2n) is 10.3. The summed E-state index contributed by atoms with van der Waals surface area (Å²) in [4.78, 5) is 30.6. The summed E-state index contributed by atoms with van der Waals surface area (Å²) in [6.45, 7) is 5.83. The number of likely N-dealkylation sites (N-methyl/N-ethyl adjacent to an activating group) is 1. The van der Waals surface area contributed by atoms with Crippen molar-refractivity contribution in [3.05, 3.63) is 76.9 Å². The lowest BCUT2D eigenvalue weighted by atomic mass is 9.83. The van der Waals surface area contributed by atoms with Crippen LogP contribution in [-0.2, 0) is 21.4 Å². The van der Waals surface area contributed by atoms with E-state index in [-0.39, 0.29) is 42.1 Å². The first-order valence-corrected chi connectivity index (χ1v) is 13.6. The van der Waals surface area contributed by atoms with Crippen LogP contribution >= 0.6 is 0 Å². The first kappa shape index (κ1) is 30.1. The summed E-state index contributed by atoms with van der Waals surface area (Å²) >= 11 is 0. The van der Waals surface area contributed by atoms with Crippen LogP contribution in [0.5, 0.6) is 0 Å². The molecule has 4 rings (SSSR count). The van der Waals surface area contributed by atoms with Crippen molar-refractivity contribution in [1.29, 1.82) is 0 Å². The molecule has 0 bridgehead atoms. The van der Waals surface area contributed by atoms with Crippen molar-refractivity contribution in [2.45, 2.75) is 38.5 Å². The van der Waals surface area contributed by atoms with E-state index in [4.69, 9.17) is 0 Å². The van der Waals surface area contributed by atoms with E-state index >= 15 is 0 Å². The van der Waals surface area contributed by atoms with Gasteiger partial charge >= 0.3 is 6.18 Å². The van der Waals surface area contributed by atoms with Crippen LogP contribution in [0.25, 0.3) is 10.8 Å². The maximum absolute atomic E-state index is 14.6. The molecule has 0 aliphatic carbocycles. The number of amides is 2. The Bertz CT molecular complexity index is 1520. The zero-order valence-electron chi connectivity index (χ0n) is 23.7. The van der Waals surface area contributed by atoms with Crippen LogP contribution in [0.2, 0.25) is 0 Å². The molecule has 0 saturated carbocycles. The standard InChI is InChI=1S/C32H34F3N3O3/c1-5-37(6-2)17-18-38-27-20-22(11-7-10-14-28(39)36(3)4)19-26(32(33,34)35)29(27)31(41,30(38)40)25-16-15-23-12-8-9-13-24(23)21-25/h8-9,12-13,15-16,19-21,41H,5-6,10,14,17-18H2,1-4H3/t31-/m1/s1. The van der Waals surface area contributed by atoms with E-state index in [9.17, 15) is 27.9 Å². The third kappa shape index (κ3) is 5.95. The number of rotatable bonds is 8. The second-order valence-corrected chi connectivity index (χ2v) is 10.3. The largest absolute Gasteiger partial charge is 0.416 e. The van der Waals surface area contributed by atoms with Crippen LogP contribution in [0.4, 0.5) is 18.9 Å². The van der Waals surface area contributed by atoms with Gasteiger partial charge in [-0.2, -0.15) is 13.2 Å². The van der Waals surface area contributed by atoms with Crippen LogP contribution in [0.3, 0.4) is 0 Å². The van der Waals surface area contributed by atoms with Crippen LogP contribution in [-0.4, -0.2) is 67.0 Å². The van der Waals surface area contributed by atoms with E-state index in [0.29, 0.717) is 25.0 Å². The van der Waals surface area contributed by atoms with Crippen LogP contribution < -0.4 is 4.90 Å². The highest BCUT2D eigenvalue weighted by Crippen LogP contribution is 2.50. The van der Waals surface area contributed by atoms with E-state index < -0.39 is 28.8 Å². The lowest BCUT2D eigenvalue weighted by molar-refractivity contribution is -0.142. The average Bonchev–Trinajstić information content (AvgIpc) is 3.16. The normalized spacial score (nSPS) is 16.6. The number of carbonyl (C=O) groups is 2. The van der Waals surface area contributed by atoms with Crippen molar-refractivity contribution in [2.24, 2.45) is 0 Å². The molecule has 0 spiro atoms. The molecule has 0 fully saturated rings. The highest BCUT2D eigenvalue weighted by molar-refractivity contribution is 6.10. The molecule has 1 N–H and O–H groups in total. The van der Waals surface area contributed by atoms with Crippen LogP contribution in [0.1, 0.15) is 48.9 Å². The van der Waals surface area contributed by atoms with Gasteiger partial charge in [0.1, 0.15) is 0 Å². The van der Waals surface area contributed by atoms with Gasteiger partial charge in [0.2, 0.25) is 5.91 Å². The van der Waals surface area contributed by atoms with Crippen molar-refractivity contribution in [1.82, 2.24) is 9.80 Å². The minimum Gasteiger partial charge on any atom is -0.372 e. The molecule has 3 aromatic rings. The molecule has 0 radical (unpaired) electrons. The quantitative estimate of drug-likeness (QED) is 0.391. The lowest BCUT2D eigenvalue weighted by Gasteiger charge is -2.26. The number of nitrogens with zero attached hydrogens (tertiary/aromatic N) is 3. The highest BCUT2D eigenvalue weighted by atomic mass is 19.4. The van der Waals surface area contributed by atoms with Gasteiger partial charge in [-0.1, -0.05) is 62.1 Å². The minimum atomic E-state index is -4.87. The molecule has 1 aliphatic rings. The molecular formula is C32H34F3N3O3. The van der Waals surface area contributed by atoms with Gasteiger partial charge in [0, 0.05) is 51.2 Å². The Morgan fingerprint density at radius 3 is 2.34 bits per heavy atom. The van der Waals surface area contributed by atoms with E-state index in [2.05, 4.69) is 16.7 Å². The first-order valence-electron chi connectivity index (χ1n) is 13.6. The fourth-order valence-electron chi connectivity index (χ4n) is 5.17. The molecule has 216 valence electrons. The molecule has 0 unspecified atom stereocenters. The number of anilines is 1. The average molecular weight is 566 g/mol. The Balaban J connectivity index is 1.88. The van der Waals surface area contributed by atoms with E-state index in [1.54, 1.807) is 38.4 Å². The van der Waals surface area contributed by atoms with Crippen molar-refractivity contribution >= 4 is 28.3 Å². The fourth-order valence-corrected chi connectivity index (χ4v) is 5.17. The zero-order chi connectivity index (χ0) is 29.9. The summed E-state index contributed by atoms with van der Waals surface area (Å²) in [7, 11) is 3.23. The van der Waals surface area contributed by atoms with E-state index in [0.717, 1.165) is 11.5 Å². The number of hydrogen-bond donors (Lipinski definition) is 1. The molecule has 0 saturated heterocycles. The number of carbonyl (C=O) groups excluding carboxylic acids is 2. The molecule has 3 aromatic carbocycles. The Morgan fingerprint density at radius 1 is 1.02 bits per heavy atom. The van der Waals surface area contributed by atoms with Gasteiger partial charge in [-0.25, -0.2) is 0 Å². The van der Waals surface area contributed by atoms with Gasteiger partial charge < -0.3 is 19.8 Å². The third-order valence-corrected chi connectivity index (χ3v) is 7.53. The molecule has 6 nitrogen and oxygen atoms in total. The number of halogens is 3. The Kier molecular flexibility index (Phi) is 8.76. The summed E-state index contributed by atoms with van der Waals surface area (Å²) in [5, 5.41) is 13.6. The highest BCUT2D eigenvalue weighted by Gasteiger charge is 2.55. The number of hydrogen-bond acceptors (Lipinski definition) is 4. The molecular weight excluding hydrogens is 531 g/mol. The molecule has 1 atom stereocenters. The van der Waals surface area contributed by atoms with E-state index in [1.165, 1.54) is 21.9 Å². The Morgan fingerprint density at radius 2 is 1.71 bits per heavy atom. The summed E-state index contributed by atoms with van der Waals surface area (Å²) in [5.41, 5.74) is -4.04. The SMILES string of the molecule is CCN(CC)CCN1C(=O)[C@@](O)(c2ccc3ccccc3c2)c2c1cc(C#CCCC(=O)N(C)C)cc2C(F)(F)F. The number of aliphatic hydroxyl groups is 1. The predicted octanol–water partition coefficient (Wildman–Crippen LogP) is 5.00. The molecule has 1 aliphatic heterocycles. The number of benzene rings is 3. The first-order chi connectivity index (χ1) is 19.4. The molecule has 0 aromatic heterocycles. The monoisotopic (exact) mass is 565 g/mol. The van der Waals surface area contributed by atoms with Gasteiger partial charge in [0.05, 0.1) is 11.3 Å². The number of alkyl halides is 3. The van der Waals surface area contributed by atoms with Gasteiger partial charge in [-0.3, -0.25) is 9.59 Å². The topological polar surface area (TPSA) is 64.1 Å². The summed E-state index contributed by atoms with van der Waals surface area (Å²) in [5.74, 6) is 4.56. The van der Waals surface area contributed by atoms with Gasteiger partial charge in [0.25, 0.3) is 5.91 Å². The summed E-state index contributed by atoms with van der Waals surface area (Å²) in [6.07, 6.45) is -4.57. The predicted molar refractivity (Wildman–Crippen MR) is 153 cm³/mol. The fraction of sp³-hybridized carbons (Fsp3) is 0.375. The van der Waals surface area contributed by atoms with Crippen LogP contribution in [0.15, 0.2) is 54.6 Å². The maximum atomic E-state index is 14.6. The van der Waals surface area contributed by atoms with Gasteiger partial charge in [0.15, 0.2) is 5.60 Å². The maximum Gasteiger partial charge on any atom is 0.416 e. The molecule has 1 heterocycles. The Hall–Kier alpha value is -3.87. The van der Waals surface area contributed by atoms with Gasteiger partial charge in [-0.05, 0) is 47.6 Å². The molecule has 41 heavy (non-hydrogen) atoms. The van der Waals surface area contributed by atoms with Crippen molar-refractivity contribution < 1.29 is 27.9 Å². The smallest absolute Gasteiger partial charge is 0.372 e. The number of fused-ring (bicyclic) bond motifs is 2. The second kappa shape index (κ2) is 11.9.